The van der Waals surface area contributed by atoms with Gasteiger partial charge in [0.2, 0.25) is 5.95 Å². The molecule has 0 aromatic carbocycles. The summed E-state index contributed by atoms with van der Waals surface area (Å²) in [6.45, 7) is 4.71. The smallest absolute Gasteiger partial charge is 0.221 e. The normalized spacial score (nSPS) is 22.5. The molecule has 15 heavy (non-hydrogen) atoms. The number of aromatic nitrogens is 2. The van der Waals surface area contributed by atoms with E-state index in [0.717, 1.165) is 31.9 Å². The van der Waals surface area contributed by atoms with E-state index in [1.54, 1.807) is 6.20 Å². The van der Waals surface area contributed by atoms with Crippen molar-refractivity contribution in [2.45, 2.75) is 19.4 Å². The van der Waals surface area contributed by atoms with Gasteiger partial charge in [-0.25, -0.2) is 4.98 Å². The maximum Gasteiger partial charge on any atom is 0.221 e. The van der Waals surface area contributed by atoms with Gasteiger partial charge in [-0.05, 0) is 19.4 Å². The lowest BCUT2D eigenvalue weighted by Crippen LogP contribution is -2.30. The van der Waals surface area contributed by atoms with Gasteiger partial charge in [0, 0.05) is 25.9 Å². The highest BCUT2D eigenvalue weighted by Gasteiger charge is 2.16. The van der Waals surface area contributed by atoms with Crippen LogP contribution in [0, 0.1) is 0 Å². The molecular weight excluding hydrogens is 192 g/mol. The maximum absolute atomic E-state index is 5.57. The molecule has 1 saturated heterocycles. The summed E-state index contributed by atoms with van der Waals surface area (Å²) in [6, 6.07) is 1.88. The quantitative estimate of drug-likeness (QED) is 0.735. The van der Waals surface area contributed by atoms with Crippen molar-refractivity contribution >= 4 is 11.8 Å². The van der Waals surface area contributed by atoms with Crippen LogP contribution in [0.4, 0.5) is 11.8 Å². The Balaban J connectivity index is 2.14. The highest BCUT2D eigenvalue weighted by molar-refractivity contribution is 5.41. The predicted octanol–water partition coefficient (Wildman–Crippen LogP) is 0.674. The van der Waals surface area contributed by atoms with Gasteiger partial charge in [0.05, 0.1) is 6.10 Å². The van der Waals surface area contributed by atoms with Crippen LogP contribution in [-0.4, -0.2) is 35.8 Å². The molecule has 1 unspecified atom stereocenters. The SMILES string of the molecule is CC1CN(c2ccnc(N)n2)CCCO1. The second kappa shape index (κ2) is 4.44. The van der Waals surface area contributed by atoms with E-state index in [1.165, 1.54) is 0 Å². The van der Waals surface area contributed by atoms with Crippen molar-refractivity contribution in [3.05, 3.63) is 12.3 Å². The first kappa shape index (κ1) is 10.2. The van der Waals surface area contributed by atoms with Crippen LogP contribution < -0.4 is 10.6 Å². The predicted molar refractivity (Wildman–Crippen MR) is 58.7 cm³/mol. The molecule has 2 N–H and O–H groups in total. The van der Waals surface area contributed by atoms with Crippen molar-refractivity contribution in [1.82, 2.24) is 9.97 Å². The number of rotatable bonds is 1. The summed E-state index contributed by atoms with van der Waals surface area (Å²) >= 11 is 0. The molecule has 5 nitrogen and oxygen atoms in total. The first-order valence-corrected chi connectivity index (χ1v) is 5.21. The summed E-state index contributed by atoms with van der Waals surface area (Å²) in [5.74, 6) is 1.21. The van der Waals surface area contributed by atoms with Gasteiger partial charge in [-0.3, -0.25) is 0 Å². The van der Waals surface area contributed by atoms with Crippen molar-refractivity contribution in [1.29, 1.82) is 0 Å². The standard InChI is InChI=1S/C10H16N4O/c1-8-7-14(5-2-6-15-8)9-3-4-12-10(11)13-9/h3-4,8H,2,5-7H2,1H3,(H2,11,12,13). The molecule has 0 amide bonds. The van der Waals surface area contributed by atoms with Gasteiger partial charge in [0.1, 0.15) is 5.82 Å². The second-order valence-corrected chi connectivity index (χ2v) is 3.75. The molecule has 1 aromatic heterocycles. The molecule has 0 aliphatic carbocycles. The largest absolute Gasteiger partial charge is 0.377 e. The highest BCUT2D eigenvalue weighted by atomic mass is 16.5. The molecule has 0 bridgehead atoms. The first-order valence-electron chi connectivity index (χ1n) is 5.21. The zero-order valence-corrected chi connectivity index (χ0v) is 8.89. The lowest BCUT2D eigenvalue weighted by Gasteiger charge is -2.22. The van der Waals surface area contributed by atoms with Crippen LogP contribution in [0.15, 0.2) is 12.3 Å². The number of hydrogen-bond acceptors (Lipinski definition) is 5. The Morgan fingerprint density at radius 1 is 1.60 bits per heavy atom. The van der Waals surface area contributed by atoms with E-state index >= 15 is 0 Å². The van der Waals surface area contributed by atoms with Crippen molar-refractivity contribution in [3.8, 4) is 0 Å². The van der Waals surface area contributed by atoms with Crippen molar-refractivity contribution in [2.75, 3.05) is 30.3 Å². The molecule has 1 fully saturated rings. The van der Waals surface area contributed by atoms with Gasteiger partial charge >= 0.3 is 0 Å². The fourth-order valence-corrected chi connectivity index (χ4v) is 1.74. The number of nitrogens with zero attached hydrogens (tertiary/aromatic N) is 3. The van der Waals surface area contributed by atoms with E-state index in [9.17, 15) is 0 Å². The number of anilines is 2. The van der Waals surface area contributed by atoms with Gasteiger partial charge in [-0.15, -0.1) is 0 Å². The molecule has 1 aliphatic heterocycles. The lowest BCUT2D eigenvalue weighted by molar-refractivity contribution is 0.0820. The summed E-state index contributed by atoms with van der Waals surface area (Å²) < 4.78 is 5.57. The Labute approximate surface area is 89.3 Å². The van der Waals surface area contributed by atoms with Gasteiger partial charge in [-0.2, -0.15) is 4.98 Å². The van der Waals surface area contributed by atoms with Gasteiger partial charge in [0.15, 0.2) is 0 Å². The molecule has 5 heteroatoms. The zero-order valence-electron chi connectivity index (χ0n) is 8.89. The third-order valence-electron chi connectivity index (χ3n) is 2.44. The van der Waals surface area contributed by atoms with Gasteiger partial charge in [-0.1, -0.05) is 0 Å². The van der Waals surface area contributed by atoms with E-state index in [-0.39, 0.29) is 6.10 Å². The van der Waals surface area contributed by atoms with Crippen molar-refractivity contribution in [2.24, 2.45) is 0 Å². The second-order valence-electron chi connectivity index (χ2n) is 3.75. The molecule has 0 radical (unpaired) electrons. The van der Waals surface area contributed by atoms with Crippen LogP contribution in [0.3, 0.4) is 0 Å². The minimum Gasteiger partial charge on any atom is -0.377 e. The fraction of sp³-hybridized carbons (Fsp3) is 0.600. The summed E-state index contributed by atoms with van der Waals surface area (Å²) in [7, 11) is 0. The lowest BCUT2D eigenvalue weighted by atomic mass is 10.3. The summed E-state index contributed by atoms with van der Waals surface area (Å²) in [5.41, 5.74) is 5.56. The molecule has 1 aliphatic rings. The molecule has 1 atom stereocenters. The monoisotopic (exact) mass is 208 g/mol. The van der Waals surface area contributed by atoms with E-state index in [4.69, 9.17) is 10.5 Å². The Morgan fingerprint density at radius 2 is 2.47 bits per heavy atom. The minimum absolute atomic E-state index is 0.240. The molecular formula is C10H16N4O. The highest BCUT2D eigenvalue weighted by Crippen LogP contribution is 2.15. The average Bonchev–Trinajstić information content (AvgIpc) is 2.43. The van der Waals surface area contributed by atoms with Crippen LogP contribution in [0.2, 0.25) is 0 Å². The molecule has 2 heterocycles. The summed E-state index contributed by atoms with van der Waals surface area (Å²) in [5, 5.41) is 0. The van der Waals surface area contributed by atoms with Gasteiger partial charge < -0.3 is 15.4 Å². The zero-order chi connectivity index (χ0) is 10.7. The summed E-state index contributed by atoms with van der Waals surface area (Å²) in [4.78, 5) is 10.3. The van der Waals surface area contributed by atoms with E-state index < -0.39 is 0 Å². The number of nitrogens with two attached hydrogens (primary N) is 1. The maximum atomic E-state index is 5.57. The van der Waals surface area contributed by atoms with Crippen LogP contribution in [-0.2, 0) is 4.74 Å². The minimum atomic E-state index is 0.240. The Morgan fingerprint density at radius 3 is 3.27 bits per heavy atom. The van der Waals surface area contributed by atoms with E-state index in [0.29, 0.717) is 5.95 Å². The van der Waals surface area contributed by atoms with E-state index in [1.807, 2.05) is 6.07 Å². The van der Waals surface area contributed by atoms with Crippen LogP contribution >= 0.6 is 0 Å². The summed E-state index contributed by atoms with van der Waals surface area (Å²) in [6.07, 6.45) is 2.95. The molecule has 1 aromatic rings. The topological polar surface area (TPSA) is 64.3 Å². The molecule has 0 saturated carbocycles. The van der Waals surface area contributed by atoms with Crippen molar-refractivity contribution < 1.29 is 4.74 Å². The third-order valence-corrected chi connectivity index (χ3v) is 2.44. The number of nitrogen functional groups attached to an aromatic ring is 1. The Kier molecular flexibility index (Phi) is 3.01. The molecule has 82 valence electrons. The van der Waals surface area contributed by atoms with Gasteiger partial charge in [0.25, 0.3) is 0 Å². The Hall–Kier alpha value is -1.36. The van der Waals surface area contributed by atoms with Crippen LogP contribution in [0.5, 0.6) is 0 Å². The Bertz CT molecular complexity index is 331. The van der Waals surface area contributed by atoms with Crippen molar-refractivity contribution in [3.63, 3.8) is 0 Å². The van der Waals surface area contributed by atoms with Crippen LogP contribution in [0.1, 0.15) is 13.3 Å². The fourth-order valence-electron chi connectivity index (χ4n) is 1.74. The average molecular weight is 208 g/mol. The van der Waals surface area contributed by atoms with Crippen LogP contribution in [0.25, 0.3) is 0 Å². The molecule has 0 spiro atoms. The van der Waals surface area contributed by atoms with E-state index in [2.05, 4.69) is 21.8 Å². The number of hydrogen-bond donors (Lipinski definition) is 1. The molecule has 2 rings (SSSR count). The number of ether oxygens (including phenoxy) is 1. The first-order chi connectivity index (χ1) is 7.25. The third kappa shape index (κ3) is 2.56.